The van der Waals surface area contributed by atoms with Gasteiger partial charge in [0.25, 0.3) is 5.91 Å². The standard InChI is InChI=1S/C21H21FN4O3/c1-23-16-7-2-4-12(19(16)22)10-24-15-6-3-5-13-14(15)11-26(21(13)29)17-8-9-18(27)25-20(17)28/h2-7,17,23-24H,8-11H2,1H3,(H,25,27,28)/t17-/m0/s1. The number of fused-ring (bicyclic) bond motifs is 1. The average Bonchev–Trinajstić information content (AvgIpc) is 3.04. The fourth-order valence-corrected chi connectivity index (χ4v) is 3.85. The van der Waals surface area contributed by atoms with Gasteiger partial charge in [0.1, 0.15) is 6.04 Å². The number of hydrogen-bond donors (Lipinski definition) is 3. The highest BCUT2D eigenvalue weighted by Gasteiger charge is 2.39. The summed E-state index contributed by atoms with van der Waals surface area (Å²) in [6.45, 7) is 0.521. The molecule has 29 heavy (non-hydrogen) atoms. The van der Waals surface area contributed by atoms with Crippen LogP contribution in [-0.4, -0.2) is 35.7 Å². The first-order chi connectivity index (χ1) is 14.0. The fourth-order valence-electron chi connectivity index (χ4n) is 3.85. The number of nitrogens with one attached hydrogen (secondary N) is 3. The summed E-state index contributed by atoms with van der Waals surface area (Å²) < 4.78 is 14.5. The minimum atomic E-state index is -0.662. The van der Waals surface area contributed by atoms with Gasteiger partial charge in [-0.05, 0) is 24.6 Å². The van der Waals surface area contributed by atoms with Crippen LogP contribution in [0.25, 0.3) is 0 Å². The van der Waals surface area contributed by atoms with E-state index in [0.29, 0.717) is 23.2 Å². The summed E-state index contributed by atoms with van der Waals surface area (Å²) in [4.78, 5) is 37.9. The molecule has 0 aliphatic carbocycles. The third-order valence-electron chi connectivity index (χ3n) is 5.40. The van der Waals surface area contributed by atoms with Crippen molar-refractivity contribution in [1.82, 2.24) is 10.2 Å². The van der Waals surface area contributed by atoms with Gasteiger partial charge in [-0.15, -0.1) is 0 Å². The van der Waals surface area contributed by atoms with Crippen molar-refractivity contribution >= 4 is 29.1 Å². The number of carbonyl (C=O) groups excluding carboxylic acids is 3. The molecule has 0 saturated carbocycles. The van der Waals surface area contributed by atoms with E-state index in [9.17, 15) is 18.8 Å². The van der Waals surface area contributed by atoms with Crippen molar-refractivity contribution in [3.8, 4) is 0 Å². The zero-order chi connectivity index (χ0) is 20.5. The highest BCUT2D eigenvalue weighted by atomic mass is 19.1. The van der Waals surface area contributed by atoms with Gasteiger partial charge in [0.05, 0.1) is 5.69 Å². The predicted octanol–water partition coefficient (Wildman–Crippen LogP) is 2.24. The lowest BCUT2D eigenvalue weighted by Gasteiger charge is -2.29. The van der Waals surface area contributed by atoms with Gasteiger partial charge in [0.15, 0.2) is 5.82 Å². The Morgan fingerprint density at radius 3 is 2.66 bits per heavy atom. The summed E-state index contributed by atoms with van der Waals surface area (Å²) in [6.07, 6.45) is 0.526. The van der Waals surface area contributed by atoms with Crippen molar-refractivity contribution in [3.63, 3.8) is 0 Å². The molecule has 0 bridgehead atoms. The van der Waals surface area contributed by atoms with Crippen molar-refractivity contribution in [2.75, 3.05) is 17.7 Å². The minimum Gasteiger partial charge on any atom is -0.386 e. The molecule has 2 heterocycles. The Morgan fingerprint density at radius 1 is 1.14 bits per heavy atom. The van der Waals surface area contributed by atoms with Crippen LogP contribution in [-0.2, 0) is 22.7 Å². The number of imide groups is 1. The third-order valence-corrected chi connectivity index (χ3v) is 5.40. The van der Waals surface area contributed by atoms with Crippen LogP contribution in [0.2, 0.25) is 0 Å². The Morgan fingerprint density at radius 2 is 1.90 bits per heavy atom. The largest absolute Gasteiger partial charge is 0.386 e. The highest BCUT2D eigenvalue weighted by Crippen LogP contribution is 2.32. The molecule has 1 fully saturated rings. The van der Waals surface area contributed by atoms with Crippen molar-refractivity contribution in [2.24, 2.45) is 0 Å². The molecule has 3 N–H and O–H groups in total. The molecule has 150 valence electrons. The number of halogens is 1. The lowest BCUT2D eigenvalue weighted by atomic mass is 10.0. The van der Waals surface area contributed by atoms with E-state index in [1.807, 2.05) is 6.07 Å². The summed E-state index contributed by atoms with van der Waals surface area (Å²) in [6, 6.07) is 9.79. The van der Waals surface area contributed by atoms with Gasteiger partial charge in [0, 0.05) is 48.9 Å². The van der Waals surface area contributed by atoms with E-state index in [-0.39, 0.29) is 37.1 Å². The molecular weight excluding hydrogens is 375 g/mol. The van der Waals surface area contributed by atoms with E-state index in [1.54, 1.807) is 37.4 Å². The normalized spacial score (nSPS) is 18.5. The van der Waals surface area contributed by atoms with Gasteiger partial charge in [-0.3, -0.25) is 19.7 Å². The van der Waals surface area contributed by atoms with Crippen LogP contribution in [0.5, 0.6) is 0 Å². The molecule has 0 unspecified atom stereocenters. The van der Waals surface area contributed by atoms with E-state index >= 15 is 0 Å². The third kappa shape index (κ3) is 3.41. The Balaban J connectivity index is 1.54. The summed E-state index contributed by atoms with van der Waals surface area (Å²) in [5.41, 5.74) is 2.93. The molecule has 1 atom stereocenters. The van der Waals surface area contributed by atoms with E-state index in [4.69, 9.17) is 0 Å². The SMILES string of the molecule is CNc1cccc(CNc2cccc3c2CN([C@H]2CCC(=O)NC2=O)C3=O)c1F. The molecule has 2 aliphatic rings. The van der Waals surface area contributed by atoms with Gasteiger partial charge >= 0.3 is 0 Å². The number of hydrogen-bond acceptors (Lipinski definition) is 5. The van der Waals surface area contributed by atoms with Crippen LogP contribution in [0, 0.1) is 5.82 Å². The lowest BCUT2D eigenvalue weighted by Crippen LogP contribution is -2.52. The molecule has 3 amide bonds. The van der Waals surface area contributed by atoms with Crippen LogP contribution in [0.3, 0.4) is 0 Å². The molecule has 2 aliphatic heterocycles. The quantitative estimate of drug-likeness (QED) is 0.675. The summed E-state index contributed by atoms with van der Waals surface area (Å²) in [5.74, 6) is -1.32. The summed E-state index contributed by atoms with van der Waals surface area (Å²) >= 11 is 0. The minimum absolute atomic E-state index is 0.211. The maximum atomic E-state index is 14.5. The van der Waals surface area contributed by atoms with E-state index in [1.165, 1.54) is 4.90 Å². The molecule has 1 saturated heterocycles. The first kappa shape index (κ1) is 18.9. The number of carbonyl (C=O) groups is 3. The van der Waals surface area contributed by atoms with E-state index in [2.05, 4.69) is 16.0 Å². The van der Waals surface area contributed by atoms with E-state index < -0.39 is 11.9 Å². The molecule has 2 aromatic rings. The Hall–Kier alpha value is -3.42. The first-order valence-corrected chi connectivity index (χ1v) is 9.45. The molecule has 2 aromatic carbocycles. The van der Waals surface area contributed by atoms with Crippen molar-refractivity contribution in [3.05, 3.63) is 58.9 Å². The zero-order valence-corrected chi connectivity index (χ0v) is 15.9. The molecule has 0 radical (unpaired) electrons. The Kier molecular flexibility index (Phi) is 4.92. The maximum Gasteiger partial charge on any atom is 0.255 e. The second-order valence-corrected chi connectivity index (χ2v) is 7.11. The Labute approximate surface area is 167 Å². The molecule has 4 rings (SSSR count). The molecule has 7 nitrogen and oxygen atoms in total. The van der Waals surface area contributed by atoms with Crippen molar-refractivity contribution in [1.29, 1.82) is 0 Å². The van der Waals surface area contributed by atoms with Gasteiger partial charge in [-0.1, -0.05) is 18.2 Å². The topological polar surface area (TPSA) is 90.5 Å². The monoisotopic (exact) mass is 396 g/mol. The summed E-state index contributed by atoms with van der Waals surface area (Å²) in [7, 11) is 1.66. The van der Waals surface area contributed by atoms with Crippen LogP contribution < -0.4 is 16.0 Å². The maximum absolute atomic E-state index is 14.5. The lowest BCUT2D eigenvalue weighted by molar-refractivity contribution is -0.136. The van der Waals surface area contributed by atoms with Gasteiger partial charge in [0.2, 0.25) is 11.8 Å². The fraction of sp³-hybridized carbons (Fsp3) is 0.286. The van der Waals surface area contributed by atoms with Gasteiger partial charge in [-0.25, -0.2) is 4.39 Å². The number of piperidine rings is 1. The van der Waals surface area contributed by atoms with E-state index in [0.717, 1.165) is 11.3 Å². The second kappa shape index (κ2) is 7.54. The van der Waals surface area contributed by atoms with Crippen LogP contribution >= 0.6 is 0 Å². The first-order valence-electron chi connectivity index (χ1n) is 9.45. The zero-order valence-electron chi connectivity index (χ0n) is 15.9. The predicted molar refractivity (Wildman–Crippen MR) is 106 cm³/mol. The average molecular weight is 396 g/mol. The number of benzene rings is 2. The van der Waals surface area contributed by atoms with Crippen LogP contribution in [0.4, 0.5) is 15.8 Å². The molecular formula is C21H21FN4O3. The number of nitrogens with zero attached hydrogens (tertiary/aromatic N) is 1. The molecule has 0 aromatic heterocycles. The highest BCUT2D eigenvalue weighted by molar-refractivity contribution is 6.06. The van der Waals surface area contributed by atoms with Crippen LogP contribution in [0.1, 0.15) is 34.3 Å². The van der Waals surface area contributed by atoms with Gasteiger partial charge in [-0.2, -0.15) is 0 Å². The number of anilines is 2. The van der Waals surface area contributed by atoms with Crippen molar-refractivity contribution in [2.45, 2.75) is 32.0 Å². The van der Waals surface area contributed by atoms with Crippen molar-refractivity contribution < 1.29 is 18.8 Å². The second-order valence-electron chi connectivity index (χ2n) is 7.11. The number of amides is 3. The molecule has 0 spiro atoms. The van der Waals surface area contributed by atoms with Crippen LogP contribution in [0.15, 0.2) is 36.4 Å². The Bertz CT molecular complexity index is 1010. The number of rotatable bonds is 5. The smallest absolute Gasteiger partial charge is 0.255 e. The van der Waals surface area contributed by atoms with Gasteiger partial charge < -0.3 is 15.5 Å². The summed E-state index contributed by atoms with van der Waals surface area (Å²) in [5, 5.41) is 8.33. The molecule has 8 heteroatoms.